The number of carbonyl (C=O) groups is 1. The van der Waals surface area contributed by atoms with E-state index in [1.54, 1.807) is 11.3 Å². The van der Waals surface area contributed by atoms with E-state index in [0.29, 0.717) is 6.42 Å². The summed E-state index contributed by atoms with van der Waals surface area (Å²) in [7, 11) is 0. The number of Topliss-reactive ketones (excluding diaryl/α,β-unsaturated/α-hetero) is 1. The van der Waals surface area contributed by atoms with Gasteiger partial charge in [-0.15, -0.1) is 11.3 Å². The highest BCUT2D eigenvalue weighted by atomic mass is 32.1. The number of nitrogens with zero attached hydrogens (tertiary/aromatic N) is 1. The fourth-order valence-electron chi connectivity index (χ4n) is 2.01. The molecule has 0 amide bonds. The van der Waals surface area contributed by atoms with E-state index in [1.807, 2.05) is 43.3 Å². The fraction of sp³-hybridized carbons (Fsp3) is 0.125. The van der Waals surface area contributed by atoms with Crippen LogP contribution in [0.3, 0.4) is 0 Å². The van der Waals surface area contributed by atoms with E-state index in [1.165, 1.54) is 0 Å². The first-order valence-corrected chi connectivity index (χ1v) is 7.09. The van der Waals surface area contributed by atoms with Crippen LogP contribution in [0.5, 0.6) is 0 Å². The van der Waals surface area contributed by atoms with Crippen molar-refractivity contribution < 1.29 is 4.79 Å². The Morgan fingerprint density at radius 3 is 2.68 bits per heavy atom. The van der Waals surface area contributed by atoms with E-state index in [2.05, 4.69) is 17.1 Å². The smallest absolute Gasteiger partial charge is 0.162 e. The monoisotopic (exact) mass is 267 g/mol. The molecule has 0 atom stereocenters. The molecule has 1 aromatic heterocycles. The fourth-order valence-corrected chi connectivity index (χ4v) is 3.02. The molecular formula is C16H13NOS. The summed E-state index contributed by atoms with van der Waals surface area (Å²) in [5, 5.41) is 0.997. The van der Waals surface area contributed by atoms with Crippen LogP contribution in [0.1, 0.15) is 23.7 Å². The molecule has 3 rings (SSSR count). The standard InChI is InChI=1S/C16H13NOS/c1-2-14(18)12-8-9-13-15(10-12)19-16(17-13)11-6-4-3-5-7-11/h3-10H,2H2,1H3. The first-order chi connectivity index (χ1) is 9.28. The summed E-state index contributed by atoms with van der Waals surface area (Å²) in [5.41, 5.74) is 2.85. The van der Waals surface area contributed by atoms with Crippen molar-refractivity contribution in [2.45, 2.75) is 13.3 Å². The SMILES string of the molecule is CCC(=O)c1ccc2nc(-c3ccccc3)sc2c1. The van der Waals surface area contributed by atoms with Crippen LogP contribution in [0.25, 0.3) is 20.8 Å². The number of ketones is 1. The lowest BCUT2D eigenvalue weighted by molar-refractivity contribution is 0.0988. The van der Waals surface area contributed by atoms with Crippen LogP contribution >= 0.6 is 11.3 Å². The van der Waals surface area contributed by atoms with Crippen molar-refractivity contribution in [1.82, 2.24) is 4.98 Å². The van der Waals surface area contributed by atoms with Crippen LogP contribution in [0.15, 0.2) is 48.5 Å². The second-order valence-corrected chi connectivity index (χ2v) is 5.37. The average molecular weight is 267 g/mol. The Balaban J connectivity index is 2.09. The van der Waals surface area contributed by atoms with Gasteiger partial charge in [0.05, 0.1) is 10.2 Å². The number of carbonyl (C=O) groups excluding carboxylic acids is 1. The molecule has 0 radical (unpaired) electrons. The molecule has 0 saturated carbocycles. The van der Waals surface area contributed by atoms with E-state index in [4.69, 9.17) is 0 Å². The predicted molar refractivity (Wildman–Crippen MR) is 79.7 cm³/mol. The van der Waals surface area contributed by atoms with Crippen molar-refractivity contribution in [3.63, 3.8) is 0 Å². The molecule has 94 valence electrons. The van der Waals surface area contributed by atoms with Gasteiger partial charge in [0.15, 0.2) is 5.78 Å². The molecule has 19 heavy (non-hydrogen) atoms. The lowest BCUT2D eigenvalue weighted by Gasteiger charge is -1.96. The topological polar surface area (TPSA) is 30.0 Å². The summed E-state index contributed by atoms with van der Waals surface area (Å²) in [6, 6.07) is 15.9. The van der Waals surface area contributed by atoms with E-state index < -0.39 is 0 Å². The quantitative estimate of drug-likeness (QED) is 0.651. The molecule has 0 bridgehead atoms. The number of thiazole rings is 1. The number of fused-ring (bicyclic) bond motifs is 1. The molecule has 0 spiro atoms. The van der Waals surface area contributed by atoms with Gasteiger partial charge in [-0.2, -0.15) is 0 Å². The molecular weight excluding hydrogens is 254 g/mol. The van der Waals surface area contributed by atoms with Gasteiger partial charge in [-0.25, -0.2) is 4.98 Å². The van der Waals surface area contributed by atoms with Crippen LogP contribution in [-0.2, 0) is 0 Å². The third kappa shape index (κ3) is 2.29. The zero-order valence-electron chi connectivity index (χ0n) is 10.6. The highest BCUT2D eigenvalue weighted by Gasteiger charge is 2.09. The van der Waals surface area contributed by atoms with Gasteiger partial charge in [0.25, 0.3) is 0 Å². The van der Waals surface area contributed by atoms with Gasteiger partial charge in [-0.05, 0) is 18.2 Å². The Kier molecular flexibility index (Phi) is 3.13. The van der Waals surface area contributed by atoms with Gasteiger partial charge < -0.3 is 0 Å². The Hall–Kier alpha value is -2.00. The van der Waals surface area contributed by atoms with Crippen molar-refractivity contribution in [3.05, 3.63) is 54.1 Å². The summed E-state index contributed by atoms with van der Waals surface area (Å²) in [6.07, 6.45) is 0.538. The van der Waals surface area contributed by atoms with Gasteiger partial charge in [-0.3, -0.25) is 4.79 Å². The van der Waals surface area contributed by atoms with Crippen LogP contribution in [-0.4, -0.2) is 10.8 Å². The molecule has 2 nitrogen and oxygen atoms in total. The minimum absolute atomic E-state index is 0.177. The number of hydrogen-bond acceptors (Lipinski definition) is 3. The molecule has 3 heteroatoms. The second kappa shape index (κ2) is 4.94. The Morgan fingerprint density at radius 2 is 1.95 bits per heavy atom. The first-order valence-electron chi connectivity index (χ1n) is 6.27. The Morgan fingerprint density at radius 1 is 1.16 bits per heavy atom. The lowest BCUT2D eigenvalue weighted by Crippen LogP contribution is -1.94. The number of aromatic nitrogens is 1. The molecule has 3 aromatic rings. The molecule has 0 aliphatic heterocycles. The summed E-state index contributed by atoms with van der Waals surface area (Å²) in [4.78, 5) is 16.3. The maximum Gasteiger partial charge on any atom is 0.162 e. The minimum Gasteiger partial charge on any atom is -0.294 e. The largest absolute Gasteiger partial charge is 0.294 e. The van der Waals surface area contributed by atoms with Gasteiger partial charge in [0, 0.05) is 17.5 Å². The highest BCUT2D eigenvalue weighted by molar-refractivity contribution is 7.21. The van der Waals surface area contributed by atoms with Gasteiger partial charge >= 0.3 is 0 Å². The summed E-state index contributed by atoms with van der Waals surface area (Å²) in [6.45, 7) is 1.88. The maximum atomic E-state index is 11.7. The second-order valence-electron chi connectivity index (χ2n) is 4.34. The first kappa shape index (κ1) is 12.1. The maximum absolute atomic E-state index is 11.7. The van der Waals surface area contributed by atoms with E-state index in [-0.39, 0.29) is 5.78 Å². The minimum atomic E-state index is 0.177. The van der Waals surface area contributed by atoms with Crippen molar-refractivity contribution in [2.24, 2.45) is 0 Å². The van der Waals surface area contributed by atoms with Crippen LogP contribution in [0.2, 0.25) is 0 Å². The molecule has 0 fully saturated rings. The molecule has 0 unspecified atom stereocenters. The number of rotatable bonds is 3. The zero-order chi connectivity index (χ0) is 13.2. The Bertz CT molecular complexity index is 731. The van der Waals surface area contributed by atoms with Gasteiger partial charge in [-0.1, -0.05) is 37.3 Å². The van der Waals surface area contributed by atoms with Crippen molar-refractivity contribution in [1.29, 1.82) is 0 Å². The van der Waals surface area contributed by atoms with E-state index in [9.17, 15) is 4.79 Å². The average Bonchev–Trinajstić information content (AvgIpc) is 2.90. The highest BCUT2D eigenvalue weighted by Crippen LogP contribution is 2.30. The normalized spacial score (nSPS) is 10.8. The van der Waals surface area contributed by atoms with Crippen molar-refractivity contribution in [3.8, 4) is 10.6 Å². The molecule has 0 aliphatic rings. The van der Waals surface area contributed by atoms with Crippen molar-refractivity contribution >= 4 is 27.3 Å². The summed E-state index contributed by atoms with van der Waals surface area (Å²) < 4.78 is 1.07. The lowest BCUT2D eigenvalue weighted by atomic mass is 10.1. The third-order valence-corrected chi connectivity index (χ3v) is 4.12. The van der Waals surface area contributed by atoms with Crippen molar-refractivity contribution in [2.75, 3.05) is 0 Å². The Labute approximate surface area is 115 Å². The van der Waals surface area contributed by atoms with E-state index >= 15 is 0 Å². The zero-order valence-corrected chi connectivity index (χ0v) is 11.4. The summed E-state index contributed by atoms with van der Waals surface area (Å²) >= 11 is 1.63. The number of hydrogen-bond donors (Lipinski definition) is 0. The molecule has 1 heterocycles. The molecule has 0 N–H and O–H groups in total. The van der Waals surface area contributed by atoms with Crippen LogP contribution < -0.4 is 0 Å². The third-order valence-electron chi connectivity index (χ3n) is 3.05. The van der Waals surface area contributed by atoms with Gasteiger partial charge in [0.2, 0.25) is 0 Å². The van der Waals surface area contributed by atoms with Crippen LogP contribution in [0.4, 0.5) is 0 Å². The number of benzene rings is 2. The van der Waals surface area contributed by atoms with Crippen LogP contribution in [0, 0.1) is 0 Å². The predicted octanol–water partition coefficient (Wildman–Crippen LogP) is 4.56. The molecule has 0 aliphatic carbocycles. The molecule has 0 saturated heterocycles. The van der Waals surface area contributed by atoms with Gasteiger partial charge in [0.1, 0.15) is 5.01 Å². The van der Waals surface area contributed by atoms with E-state index in [0.717, 1.165) is 26.4 Å². The molecule has 2 aromatic carbocycles. The summed E-state index contributed by atoms with van der Waals surface area (Å²) in [5.74, 6) is 0.177.